The molecule has 0 aromatic carbocycles. The van der Waals surface area contributed by atoms with Gasteiger partial charge < -0.3 is 14.6 Å². The van der Waals surface area contributed by atoms with E-state index >= 15 is 0 Å². The van der Waals surface area contributed by atoms with Crippen LogP contribution in [0.5, 0.6) is 0 Å². The van der Waals surface area contributed by atoms with Crippen molar-refractivity contribution >= 4 is 11.7 Å². The Labute approximate surface area is 115 Å². The molecule has 1 N–H and O–H groups in total. The van der Waals surface area contributed by atoms with E-state index in [4.69, 9.17) is 4.74 Å². The summed E-state index contributed by atoms with van der Waals surface area (Å²) in [6, 6.07) is 2.07. The van der Waals surface area contributed by atoms with Crippen LogP contribution in [0.25, 0.3) is 5.70 Å². The quantitative estimate of drug-likeness (QED) is 0.635. The van der Waals surface area contributed by atoms with Gasteiger partial charge in [0.2, 0.25) is 0 Å². The number of hydrogen-bond donors (Lipinski definition) is 1. The van der Waals surface area contributed by atoms with Gasteiger partial charge in [-0.3, -0.25) is 0 Å². The molecule has 0 aliphatic carbocycles. The van der Waals surface area contributed by atoms with Gasteiger partial charge in [-0.15, -0.1) is 0 Å². The zero-order chi connectivity index (χ0) is 14.4. The Balaban J connectivity index is 3.19. The lowest BCUT2D eigenvalue weighted by Gasteiger charge is -2.24. The minimum Gasteiger partial charge on any atom is -0.463 e. The second-order valence-electron chi connectivity index (χ2n) is 4.44. The number of aromatic amines is 1. The molecule has 4 nitrogen and oxygen atoms in total. The first kappa shape index (κ1) is 15.3. The number of aromatic nitrogens is 1. The standard InChI is InChI=1S/C15H24N2O2/c1-6-17(7-2)14(10-15(18)19-8-3)13-9-11(4)16-12(13)5/h9-10,16H,6-8H2,1-5H3/b14-10+. The van der Waals surface area contributed by atoms with E-state index in [1.54, 1.807) is 6.08 Å². The fourth-order valence-corrected chi connectivity index (χ4v) is 2.19. The summed E-state index contributed by atoms with van der Waals surface area (Å²) in [5.74, 6) is -0.289. The molecule has 0 aliphatic heterocycles. The highest BCUT2D eigenvalue weighted by Crippen LogP contribution is 2.23. The highest BCUT2D eigenvalue weighted by atomic mass is 16.5. The smallest absolute Gasteiger partial charge is 0.332 e. The van der Waals surface area contributed by atoms with Gasteiger partial charge >= 0.3 is 5.97 Å². The highest BCUT2D eigenvalue weighted by Gasteiger charge is 2.15. The lowest BCUT2D eigenvalue weighted by atomic mass is 10.1. The Morgan fingerprint density at radius 2 is 1.95 bits per heavy atom. The van der Waals surface area contributed by atoms with Crippen LogP contribution in [-0.2, 0) is 9.53 Å². The Bertz CT molecular complexity index is 457. The largest absolute Gasteiger partial charge is 0.463 e. The molecule has 0 saturated heterocycles. The van der Waals surface area contributed by atoms with Gasteiger partial charge in [0.05, 0.1) is 12.3 Å². The van der Waals surface area contributed by atoms with E-state index in [0.717, 1.165) is 35.7 Å². The van der Waals surface area contributed by atoms with Crippen molar-refractivity contribution in [2.24, 2.45) is 0 Å². The molecule has 4 heteroatoms. The molecule has 1 aromatic heterocycles. The Morgan fingerprint density at radius 1 is 1.32 bits per heavy atom. The van der Waals surface area contributed by atoms with E-state index in [1.807, 2.05) is 20.8 Å². The predicted octanol–water partition coefficient (Wildman–Crippen LogP) is 2.88. The fourth-order valence-electron chi connectivity index (χ4n) is 2.19. The topological polar surface area (TPSA) is 45.3 Å². The molecule has 0 saturated carbocycles. The maximum absolute atomic E-state index is 11.7. The van der Waals surface area contributed by atoms with E-state index in [2.05, 4.69) is 29.8 Å². The van der Waals surface area contributed by atoms with Crippen molar-refractivity contribution in [1.29, 1.82) is 0 Å². The molecule has 0 spiro atoms. The van der Waals surface area contributed by atoms with Crippen molar-refractivity contribution in [3.63, 3.8) is 0 Å². The summed E-state index contributed by atoms with van der Waals surface area (Å²) in [6.45, 7) is 12.1. The number of hydrogen-bond acceptors (Lipinski definition) is 3. The Morgan fingerprint density at radius 3 is 2.37 bits per heavy atom. The van der Waals surface area contributed by atoms with Gasteiger partial charge in [0.25, 0.3) is 0 Å². The summed E-state index contributed by atoms with van der Waals surface area (Å²) in [6.07, 6.45) is 1.59. The minimum absolute atomic E-state index is 0.289. The molecule has 0 fully saturated rings. The van der Waals surface area contributed by atoms with Crippen LogP contribution in [0.4, 0.5) is 0 Å². The van der Waals surface area contributed by atoms with Crippen molar-refractivity contribution in [2.45, 2.75) is 34.6 Å². The van der Waals surface area contributed by atoms with E-state index in [9.17, 15) is 4.79 Å². The van der Waals surface area contributed by atoms with Crippen LogP contribution < -0.4 is 0 Å². The number of H-pyrrole nitrogens is 1. The van der Waals surface area contributed by atoms with Crippen LogP contribution >= 0.6 is 0 Å². The summed E-state index contributed by atoms with van der Waals surface area (Å²) >= 11 is 0. The second kappa shape index (κ2) is 7.02. The van der Waals surface area contributed by atoms with Crippen molar-refractivity contribution in [3.05, 3.63) is 29.1 Å². The molecule has 1 rings (SSSR count). The Kier molecular flexibility index (Phi) is 5.67. The first-order valence-electron chi connectivity index (χ1n) is 6.83. The number of nitrogens with one attached hydrogen (secondary N) is 1. The number of rotatable bonds is 6. The van der Waals surface area contributed by atoms with Crippen LogP contribution in [-0.4, -0.2) is 35.5 Å². The molecule has 1 heterocycles. The maximum Gasteiger partial charge on any atom is 0.332 e. The molecule has 0 unspecified atom stereocenters. The van der Waals surface area contributed by atoms with Crippen molar-refractivity contribution in [2.75, 3.05) is 19.7 Å². The highest BCUT2D eigenvalue weighted by molar-refractivity contribution is 5.91. The van der Waals surface area contributed by atoms with Gasteiger partial charge in [0.15, 0.2) is 0 Å². The monoisotopic (exact) mass is 264 g/mol. The van der Waals surface area contributed by atoms with Gasteiger partial charge in [-0.1, -0.05) is 0 Å². The van der Waals surface area contributed by atoms with E-state index in [0.29, 0.717) is 6.61 Å². The molecule has 0 atom stereocenters. The number of aryl methyl sites for hydroxylation is 2. The molecular formula is C15H24N2O2. The number of carbonyl (C=O) groups excluding carboxylic acids is 1. The van der Waals surface area contributed by atoms with Crippen molar-refractivity contribution in [1.82, 2.24) is 9.88 Å². The average molecular weight is 264 g/mol. The van der Waals surface area contributed by atoms with Crippen LogP contribution in [0, 0.1) is 13.8 Å². The van der Waals surface area contributed by atoms with Crippen LogP contribution in [0.2, 0.25) is 0 Å². The van der Waals surface area contributed by atoms with E-state index < -0.39 is 0 Å². The molecule has 106 valence electrons. The predicted molar refractivity (Wildman–Crippen MR) is 77.8 cm³/mol. The van der Waals surface area contributed by atoms with Crippen LogP contribution in [0.3, 0.4) is 0 Å². The Hall–Kier alpha value is -1.71. The molecule has 0 amide bonds. The maximum atomic E-state index is 11.7. The summed E-state index contributed by atoms with van der Waals surface area (Å²) in [7, 11) is 0. The third-order valence-corrected chi connectivity index (χ3v) is 3.07. The van der Waals surface area contributed by atoms with Gasteiger partial charge in [-0.2, -0.15) is 0 Å². The lowest BCUT2D eigenvalue weighted by molar-refractivity contribution is -0.137. The molecule has 0 radical (unpaired) electrons. The third kappa shape index (κ3) is 3.88. The van der Waals surface area contributed by atoms with Crippen molar-refractivity contribution in [3.8, 4) is 0 Å². The molecule has 0 aliphatic rings. The summed E-state index contributed by atoms with van der Waals surface area (Å²) in [5, 5.41) is 0. The third-order valence-electron chi connectivity index (χ3n) is 3.07. The van der Waals surface area contributed by atoms with Crippen molar-refractivity contribution < 1.29 is 9.53 Å². The lowest BCUT2D eigenvalue weighted by Crippen LogP contribution is -2.22. The number of nitrogens with zero attached hydrogens (tertiary/aromatic N) is 1. The summed E-state index contributed by atoms with van der Waals surface area (Å²) < 4.78 is 5.03. The molecule has 1 aromatic rings. The summed E-state index contributed by atoms with van der Waals surface area (Å²) in [5.41, 5.74) is 4.15. The average Bonchev–Trinajstić information content (AvgIpc) is 2.69. The van der Waals surface area contributed by atoms with Gasteiger partial charge in [-0.05, 0) is 40.7 Å². The number of esters is 1. The molecule has 0 bridgehead atoms. The second-order valence-corrected chi connectivity index (χ2v) is 4.44. The SMILES string of the molecule is CCOC(=O)/C=C(\c1cc(C)[nH]c1C)N(CC)CC. The summed E-state index contributed by atoms with van der Waals surface area (Å²) in [4.78, 5) is 17.2. The zero-order valence-corrected chi connectivity index (χ0v) is 12.5. The van der Waals surface area contributed by atoms with Gasteiger partial charge in [0.1, 0.15) is 0 Å². The first-order valence-corrected chi connectivity index (χ1v) is 6.83. The van der Waals surface area contributed by atoms with Gasteiger partial charge in [0, 0.05) is 36.1 Å². The van der Waals surface area contributed by atoms with Crippen LogP contribution in [0.1, 0.15) is 37.7 Å². The molecular weight excluding hydrogens is 240 g/mol. The zero-order valence-electron chi connectivity index (χ0n) is 12.5. The normalized spacial score (nSPS) is 11.5. The number of ether oxygens (including phenoxy) is 1. The number of carbonyl (C=O) groups is 1. The van der Waals surface area contributed by atoms with Gasteiger partial charge in [-0.25, -0.2) is 4.79 Å². The fraction of sp³-hybridized carbons (Fsp3) is 0.533. The van der Waals surface area contributed by atoms with E-state index in [-0.39, 0.29) is 5.97 Å². The van der Waals surface area contributed by atoms with Crippen LogP contribution in [0.15, 0.2) is 12.1 Å². The molecule has 19 heavy (non-hydrogen) atoms. The van der Waals surface area contributed by atoms with E-state index in [1.165, 1.54) is 0 Å². The minimum atomic E-state index is -0.289. The first-order chi connectivity index (χ1) is 9.03.